The van der Waals surface area contributed by atoms with Crippen LogP contribution in [0.4, 0.5) is 5.82 Å². The second-order valence-electron chi connectivity index (χ2n) is 9.26. The highest BCUT2D eigenvalue weighted by molar-refractivity contribution is 7.59. The summed E-state index contributed by atoms with van der Waals surface area (Å²) in [6.07, 6.45) is 1.70. The topological polar surface area (TPSA) is 173 Å². The van der Waals surface area contributed by atoms with E-state index < -0.39 is 37.4 Å². The van der Waals surface area contributed by atoms with Gasteiger partial charge in [-0.05, 0) is 41.5 Å². The summed E-state index contributed by atoms with van der Waals surface area (Å²) in [7, 11) is -3.50. The maximum atomic E-state index is 13.8. The van der Waals surface area contributed by atoms with E-state index in [4.69, 9.17) is 19.9 Å². The van der Waals surface area contributed by atoms with E-state index in [0.29, 0.717) is 17.7 Å². The van der Waals surface area contributed by atoms with Crippen LogP contribution in [0.2, 0.25) is 0 Å². The Hall–Kier alpha value is -2.60. The van der Waals surface area contributed by atoms with Crippen molar-refractivity contribution in [3.8, 4) is 0 Å². The van der Waals surface area contributed by atoms with E-state index in [2.05, 4.69) is 25.1 Å². The van der Waals surface area contributed by atoms with Gasteiger partial charge in [-0.1, -0.05) is 6.92 Å². The molecule has 0 amide bonds. The fraction of sp³-hybridized carbons (Fsp3) is 0.682. The third-order valence-electron chi connectivity index (χ3n) is 4.94. The van der Waals surface area contributed by atoms with Gasteiger partial charge in [-0.25, -0.2) is 20.0 Å². The molecule has 14 heteroatoms. The van der Waals surface area contributed by atoms with E-state index in [9.17, 15) is 14.2 Å². The molecule has 0 saturated heterocycles. The van der Waals surface area contributed by atoms with Crippen molar-refractivity contribution >= 4 is 36.4 Å². The van der Waals surface area contributed by atoms with Crippen LogP contribution in [0.1, 0.15) is 48.5 Å². The number of imidazole rings is 1. The number of nitrogens with two attached hydrogens (primary N) is 1. The molecule has 2 heterocycles. The third-order valence-corrected chi connectivity index (χ3v) is 6.95. The summed E-state index contributed by atoms with van der Waals surface area (Å²) < 4.78 is 31.9. The summed E-state index contributed by atoms with van der Waals surface area (Å²) in [5.74, 6) is -1.26. The number of aromatic nitrogens is 4. The Morgan fingerprint density at radius 2 is 1.67 bits per heavy atom. The molecule has 0 radical (unpaired) electrons. The average molecular weight is 528 g/mol. The van der Waals surface area contributed by atoms with Gasteiger partial charge in [0, 0.05) is 6.54 Å². The van der Waals surface area contributed by atoms with Crippen LogP contribution in [0.15, 0.2) is 12.7 Å². The zero-order valence-corrected chi connectivity index (χ0v) is 22.8. The van der Waals surface area contributed by atoms with Gasteiger partial charge in [-0.2, -0.15) is 0 Å². The Balaban J connectivity index is 2.08. The smallest absolute Gasteiger partial charge is 0.323 e. The molecule has 0 bridgehead atoms. The summed E-state index contributed by atoms with van der Waals surface area (Å²) >= 11 is 0. The number of anilines is 1. The fourth-order valence-electron chi connectivity index (χ4n) is 3.14. The number of esters is 2. The van der Waals surface area contributed by atoms with Crippen molar-refractivity contribution in [2.75, 3.05) is 18.6 Å². The van der Waals surface area contributed by atoms with Crippen LogP contribution in [-0.2, 0) is 34.9 Å². The van der Waals surface area contributed by atoms with Crippen molar-refractivity contribution in [2.45, 2.75) is 79.4 Å². The highest BCUT2D eigenvalue weighted by Gasteiger charge is 2.31. The minimum atomic E-state index is -3.50. The largest absolute Gasteiger partial charge is 0.463 e. The van der Waals surface area contributed by atoms with Crippen molar-refractivity contribution in [2.24, 2.45) is 5.92 Å². The Morgan fingerprint density at radius 3 is 2.31 bits per heavy atom. The normalized spacial score (nSPS) is 16.0. The molecular weight excluding hydrogens is 489 g/mol. The number of nitrogen functional groups attached to an aromatic ring is 1. The third kappa shape index (κ3) is 8.81. The molecule has 4 N–H and O–H groups in total. The number of rotatable bonds is 14. The molecule has 0 fully saturated rings. The van der Waals surface area contributed by atoms with E-state index in [1.54, 1.807) is 59.4 Å². The van der Waals surface area contributed by atoms with Gasteiger partial charge in [0.25, 0.3) is 0 Å². The standard InChI is InChI=1S/C22H38N7O6P/c1-13(2)34-21(30)15(5)8-27-36(32,28-17(7)22(31)35-14(3)4)12-33-16(6)9-29-11-26-18-19(23)24-10-25-20(18)29/h10-11,13-17H,8-9,12H2,1-7H3,(H2,23,24,25)(H2,27,28,32). The van der Waals surface area contributed by atoms with Crippen LogP contribution in [-0.4, -0.2) is 68.7 Å². The quantitative estimate of drug-likeness (QED) is 0.241. The van der Waals surface area contributed by atoms with Gasteiger partial charge in [0.2, 0.25) is 7.44 Å². The molecule has 0 aliphatic rings. The summed E-state index contributed by atoms with van der Waals surface area (Å²) in [4.78, 5) is 36.9. The van der Waals surface area contributed by atoms with Crippen molar-refractivity contribution < 1.29 is 28.4 Å². The van der Waals surface area contributed by atoms with Gasteiger partial charge in [-0.15, -0.1) is 0 Å². The number of fused-ring (bicyclic) bond motifs is 1. The van der Waals surface area contributed by atoms with E-state index in [1.807, 2.05) is 0 Å². The molecule has 0 spiro atoms. The zero-order valence-electron chi connectivity index (χ0n) is 21.9. The first-order valence-electron chi connectivity index (χ1n) is 11.9. The number of ether oxygens (including phenoxy) is 3. The van der Waals surface area contributed by atoms with Crippen LogP contribution in [0, 0.1) is 5.92 Å². The monoisotopic (exact) mass is 527 g/mol. The second-order valence-corrected chi connectivity index (χ2v) is 11.6. The molecule has 4 unspecified atom stereocenters. The van der Waals surface area contributed by atoms with Gasteiger partial charge in [-0.3, -0.25) is 19.2 Å². The van der Waals surface area contributed by atoms with Crippen molar-refractivity contribution in [1.29, 1.82) is 0 Å². The van der Waals surface area contributed by atoms with Gasteiger partial charge >= 0.3 is 11.9 Å². The SMILES string of the molecule is CC(C)OC(=O)C(C)CNP(=O)(COC(C)Cn1cnc2c(N)ncnc21)NC(C)C(=O)OC(C)C. The van der Waals surface area contributed by atoms with Gasteiger partial charge in [0.05, 0.1) is 37.1 Å². The van der Waals surface area contributed by atoms with Crippen LogP contribution in [0.25, 0.3) is 11.2 Å². The minimum absolute atomic E-state index is 0.0574. The Morgan fingerprint density at radius 1 is 1.03 bits per heavy atom. The molecule has 0 aliphatic heterocycles. The van der Waals surface area contributed by atoms with Crippen LogP contribution in [0.5, 0.6) is 0 Å². The van der Waals surface area contributed by atoms with Crippen molar-refractivity contribution in [1.82, 2.24) is 29.7 Å². The van der Waals surface area contributed by atoms with Crippen LogP contribution < -0.4 is 15.9 Å². The lowest BCUT2D eigenvalue weighted by molar-refractivity contribution is -0.151. The second kappa shape index (κ2) is 13.1. The maximum Gasteiger partial charge on any atom is 0.323 e. The minimum Gasteiger partial charge on any atom is -0.463 e. The predicted molar refractivity (Wildman–Crippen MR) is 135 cm³/mol. The van der Waals surface area contributed by atoms with Crippen LogP contribution in [0.3, 0.4) is 0 Å². The van der Waals surface area contributed by atoms with Crippen molar-refractivity contribution in [3.63, 3.8) is 0 Å². The number of hydrogen-bond donors (Lipinski definition) is 3. The lowest BCUT2D eigenvalue weighted by atomic mass is 10.2. The molecule has 0 aliphatic carbocycles. The first-order valence-corrected chi connectivity index (χ1v) is 13.8. The summed E-state index contributed by atoms with van der Waals surface area (Å²) in [5.41, 5.74) is 6.88. The summed E-state index contributed by atoms with van der Waals surface area (Å²) in [6.45, 7) is 12.4. The lowest BCUT2D eigenvalue weighted by Gasteiger charge is -2.27. The Bertz CT molecular complexity index is 1080. The van der Waals surface area contributed by atoms with Gasteiger partial charge in [0.15, 0.2) is 11.5 Å². The van der Waals surface area contributed by atoms with E-state index in [0.717, 1.165) is 0 Å². The van der Waals surface area contributed by atoms with Crippen molar-refractivity contribution in [3.05, 3.63) is 12.7 Å². The molecular formula is C22H38N7O6P. The van der Waals surface area contributed by atoms with E-state index in [-0.39, 0.29) is 30.9 Å². The van der Waals surface area contributed by atoms with E-state index in [1.165, 1.54) is 6.33 Å². The molecule has 2 aromatic rings. The molecule has 13 nitrogen and oxygen atoms in total. The molecule has 36 heavy (non-hydrogen) atoms. The molecule has 0 saturated carbocycles. The number of hydrogen-bond acceptors (Lipinski definition) is 10. The fourth-order valence-corrected chi connectivity index (χ4v) is 5.16. The molecule has 0 aromatic carbocycles. The number of carbonyl (C=O) groups excluding carboxylic acids is 2. The molecule has 2 rings (SSSR count). The first kappa shape index (κ1) is 29.6. The highest BCUT2D eigenvalue weighted by atomic mass is 31.2. The number of nitrogens with one attached hydrogen (secondary N) is 2. The molecule has 202 valence electrons. The van der Waals surface area contributed by atoms with Crippen LogP contribution >= 0.6 is 7.44 Å². The Kier molecular flexibility index (Phi) is 10.8. The first-order chi connectivity index (χ1) is 16.8. The summed E-state index contributed by atoms with van der Waals surface area (Å²) in [6, 6.07) is -0.875. The highest BCUT2D eigenvalue weighted by Crippen LogP contribution is 2.37. The van der Waals surface area contributed by atoms with Gasteiger partial charge < -0.3 is 24.5 Å². The Labute approximate surface area is 211 Å². The maximum absolute atomic E-state index is 13.8. The number of carbonyl (C=O) groups is 2. The predicted octanol–water partition coefficient (Wildman–Crippen LogP) is 2.07. The average Bonchev–Trinajstić information content (AvgIpc) is 3.19. The van der Waals surface area contributed by atoms with Gasteiger partial charge in [0.1, 0.15) is 24.2 Å². The molecule has 2 aromatic heterocycles. The lowest BCUT2D eigenvalue weighted by Crippen LogP contribution is -2.40. The molecule has 4 atom stereocenters. The summed E-state index contributed by atoms with van der Waals surface area (Å²) in [5, 5.41) is 5.72. The number of nitrogens with zero attached hydrogens (tertiary/aromatic N) is 4. The van der Waals surface area contributed by atoms with E-state index >= 15 is 0 Å². The zero-order chi connectivity index (χ0) is 27.0.